The van der Waals surface area contributed by atoms with Gasteiger partial charge < -0.3 is 9.80 Å². The molecule has 6 heteroatoms. The second-order valence-electron chi connectivity index (χ2n) is 8.14. The van der Waals surface area contributed by atoms with Crippen LogP contribution in [0.3, 0.4) is 0 Å². The van der Waals surface area contributed by atoms with Crippen molar-refractivity contribution in [3.8, 4) is 0 Å². The molecule has 0 unspecified atom stereocenters. The third-order valence-corrected chi connectivity index (χ3v) is 5.70. The number of hydrogen-bond acceptors (Lipinski definition) is 6. The van der Waals surface area contributed by atoms with Gasteiger partial charge in [-0.2, -0.15) is 0 Å². The van der Waals surface area contributed by atoms with Gasteiger partial charge in [0, 0.05) is 57.1 Å². The normalized spacial score (nSPS) is 16.5. The van der Waals surface area contributed by atoms with Crippen molar-refractivity contribution in [1.82, 2.24) is 24.8 Å². The molecule has 2 aromatic rings. The van der Waals surface area contributed by atoms with Crippen molar-refractivity contribution in [1.29, 1.82) is 0 Å². The molecule has 0 aliphatic carbocycles. The van der Waals surface area contributed by atoms with Gasteiger partial charge in [-0.05, 0) is 32.5 Å². The number of nitrogens with zero attached hydrogens (tertiary/aromatic N) is 6. The van der Waals surface area contributed by atoms with E-state index in [0.717, 1.165) is 69.4 Å². The molecule has 0 amide bonds. The fourth-order valence-corrected chi connectivity index (χ4v) is 3.73. The number of piperazine rings is 1. The minimum atomic E-state index is 0.883. The molecule has 1 fully saturated rings. The van der Waals surface area contributed by atoms with Crippen LogP contribution < -0.4 is 4.90 Å². The van der Waals surface area contributed by atoms with E-state index in [4.69, 9.17) is 0 Å². The monoisotopic (exact) mass is 426 g/mol. The van der Waals surface area contributed by atoms with Gasteiger partial charge in [-0.3, -0.25) is 9.88 Å². The maximum Gasteiger partial charge on any atom is 0.135 e. The highest BCUT2D eigenvalue weighted by Gasteiger charge is 2.25. The maximum absolute atomic E-state index is 4.63. The minimum absolute atomic E-state index is 0.883. The van der Waals surface area contributed by atoms with Crippen LogP contribution in [0.2, 0.25) is 0 Å². The quantitative estimate of drug-likeness (QED) is 0.726. The van der Waals surface area contributed by atoms with Crippen LogP contribution in [0.1, 0.15) is 63.2 Å². The zero-order valence-corrected chi connectivity index (χ0v) is 20.6. The molecule has 2 aliphatic heterocycles. The van der Waals surface area contributed by atoms with E-state index in [9.17, 15) is 0 Å². The Hall–Kier alpha value is -2.05. The van der Waals surface area contributed by atoms with Gasteiger partial charge in [0.25, 0.3) is 0 Å². The number of rotatable bonds is 4. The van der Waals surface area contributed by atoms with Crippen LogP contribution in [0, 0.1) is 6.92 Å². The van der Waals surface area contributed by atoms with E-state index in [0.29, 0.717) is 0 Å². The molecule has 0 radical (unpaired) electrons. The summed E-state index contributed by atoms with van der Waals surface area (Å²) in [6.45, 7) is 17.5. The first kappa shape index (κ1) is 25.2. The van der Waals surface area contributed by atoms with Crippen LogP contribution in [0.15, 0.2) is 24.5 Å². The minimum Gasteiger partial charge on any atom is -0.354 e. The Labute approximate surface area is 189 Å². The van der Waals surface area contributed by atoms with E-state index in [1.165, 1.54) is 24.1 Å². The number of unbranched alkanes of at least 4 members (excludes halogenated alkanes) is 1. The van der Waals surface area contributed by atoms with E-state index < -0.39 is 0 Å². The second-order valence-corrected chi connectivity index (χ2v) is 8.14. The van der Waals surface area contributed by atoms with Gasteiger partial charge in [0.15, 0.2) is 0 Å². The van der Waals surface area contributed by atoms with Gasteiger partial charge >= 0.3 is 0 Å². The number of aromatic nitrogens is 3. The molecule has 4 heterocycles. The Morgan fingerprint density at radius 3 is 2.29 bits per heavy atom. The molecule has 2 aliphatic rings. The zero-order valence-electron chi connectivity index (χ0n) is 20.6. The Bertz CT molecular complexity index is 768. The van der Waals surface area contributed by atoms with E-state index >= 15 is 0 Å². The summed E-state index contributed by atoms with van der Waals surface area (Å²) in [6, 6.07) is 6.24. The molecule has 0 aromatic carbocycles. The molecule has 31 heavy (non-hydrogen) atoms. The highest BCUT2D eigenvalue weighted by molar-refractivity contribution is 5.50. The summed E-state index contributed by atoms with van der Waals surface area (Å²) in [5.74, 6) is 1.16. The van der Waals surface area contributed by atoms with E-state index in [2.05, 4.69) is 62.7 Å². The number of likely N-dealkylation sites (N-methyl/N-ethyl adjacent to an activating group) is 1. The predicted octanol–water partition coefficient (Wildman–Crippen LogP) is 4.32. The Morgan fingerprint density at radius 1 is 0.935 bits per heavy atom. The third kappa shape index (κ3) is 7.54. The highest BCUT2D eigenvalue weighted by Crippen LogP contribution is 2.26. The molecule has 0 saturated carbocycles. The van der Waals surface area contributed by atoms with Crippen LogP contribution in [-0.2, 0) is 19.5 Å². The topological polar surface area (TPSA) is 48.4 Å². The molecule has 6 nitrogen and oxygen atoms in total. The van der Waals surface area contributed by atoms with Crippen LogP contribution in [0.25, 0.3) is 0 Å². The molecule has 0 N–H and O–H groups in total. The molecule has 0 bridgehead atoms. The van der Waals surface area contributed by atoms with Crippen molar-refractivity contribution < 1.29 is 0 Å². The smallest absolute Gasteiger partial charge is 0.135 e. The van der Waals surface area contributed by atoms with Crippen molar-refractivity contribution in [2.75, 3.05) is 44.7 Å². The van der Waals surface area contributed by atoms with E-state index in [-0.39, 0.29) is 0 Å². The first-order chi connectivity index (χ1) is 15.1. The summed E-state index contributed by atoms with van der Waals surface area (Å²) in [7, 11) is 2.18. The molecule has 4 rings (SSSR count). The largest absolute Gasteiger partial charge is 0.354 e. The number of aryl methyl sites for hydroxylation is 1. The molecular weight excluding hydrogens is 384 g/mol. The lowest BCUT2D eigenvalue weighted by Crippen LogP contribution is -2.45. The van der Waals surface area contributed by atoms with Crippen LogP contribution in [0.5, 0.6) is 0 Å². The average molecular weight is 427 g/mol. The summed E-state index contributed by atoms with van der Waals surface area (Å²) >= 11 is 0. The standard InChI is InChI=1S/C19H26N6.C4H10.C2H6/c1-15-4-3-5-16(22-15)12-24-7-6-17-18(13-24)20-14-21-19(17)25-10-8-23(2)9-11-25;1-3-4-2;1-2/h3-5,14H,6-13H2,1-2H3;3-4H2,1-2H3;1-2H3. The Kier molecular flexibility index (Phi) is 10.9. The average Bonchev–Trinajstić information content (AvgIpc) is 2.81. The molecule has 1 saturated heterocycles. The molecular formula is C25H42N6. The lowest BCUT2D eigenvalue weighted by molar-refractivity contribution is 0.238. The maximum atomic E-state index is 4.63. The fraction of sp³-hybridized carbons (Fsp3) is 0.640. The molecule has 172 valence electrons. The third-order valence-electron chi connectivity index (χ3n) is 5.70. The molecule has 0 spiro atoms. The first-order valence-electron chi connectivity index (χ1n) is 12.0. The number of anilines is 1. The first-order valence-corrected chi connectivity index (χ1v) is 12.0. The SMILES string of the molecule is CC.CCCC.Cc1cccc(CN2CCc3c(ncnc3N3CCN(C)CC3)C2)n1. The Balaban J connectivity index is 0.000000513. The summed E-state index contributed by atoms with van der Waals surface area (Å²) in [6.07, 6.45) is 5.39. The molecule has 2 aromatic heterocycles. The van der Waals surface area contributed by atoms with Gasteiger partial charge in [-0.1, -0.05) is 46.6 Å². The lowest BCUT2D eigenvalue weighted by Gasteiger charge is -2.36. The number of pyridine rings is 1. The van der Waals surface area contributed by atoms with Crippen LogP contribution in [-0.4, -0.2) is 64.5 Å². The highest BCUT2D eigenvalue weighted by atomic mass is 15.3. The number of hydrogen-bond donors (Lipinski definition) is 0. The fourth-order valence-electron chi connectivity index (χ4n) is 3.73. The van der Waals surface area contributed by atoms with Gasteiger partial charge in [0.05, 0.1) is 11.4 Å². The Morgan fingerprint density at radius 2 is 1.65 bits per heavy atom. The predicted molar refractivity (Wildman–Crippen MR) is 130 cm³/mol. The van der Waals surface area contributed by atoms with Gasteiger partial charge in [-0.15, -0.1) is 0 Å². The zero-order chi connectivity index (χ0) is 22.6. The van der Waals surface area contributed by atoms with E-state index in [1.54, 1.807) is 6.33 Å². The summed E-state index contributed by atoms with van der Waals surface area (Å²) in [5, 5.41) is 0. The van der Waals surface area contributed by atoms with Crippen molar-refractivity contribution in [3.63, 3.8) is 0 Å². The van der Waals surface area contributed by atoms with Crippen molar-refractivity contribution >= 4 is 5.82 Å². The molecule has 0 atom stereocenters. The van der Waals surface area contributed by atoms with Crippen LogP contribution in [0.4, 0.5) is 5.82 Å². The van der Waals surface area contributed by atoms with Gasteiger partial charge in [0.2, 0.25) is 0 Å². The van der Waals surface area contributed by atoms with Crippen LogP contribution >= 0.6 is 0 Å². The van der Waals surface area contributed by atoms with E-state index in [1.807, 2.05) is 26.8 Å². The second kappa shape index (κ2) is 13.4. The van der Waals surface area contributed by atoms with Crippen molar-refractivity contribution in [3.05, 3.63) is 47.2 Å². The lowest BCUT2D eigenvalue weighted by atomic mass is 10.0. The number of fused-ring (bicyclic) bond motifs is 1. The van der Waals surface area contributed by atoms with Gasteiger partial charge in [0.1, 0.15) is 12.1 Å². The van der Waals surface area contributed by atoms with Gasteiger partial charge in [-0.25, -0.2) is 9.97 Å². The van der Waals surface area contributed by atoms with Crippen molar-refractivity contribution in [2.24, 2.45) is 0 Å². The summed E-state index contributed by atoms with van der Waals surface area (Å²) < 4.78 is 0. The summed E-state index contributed by atoms with van der Waals surface area (Å²) in [4.78, 5) is 21.1. The van der Waals surface area contributed by atoms with Crippen molar-refractivity contribution in [2.45, 2.75) is 67.0 Å². The summed E-state index contributed by atoms with van der Waals surface area (Å²) in [5.41, 5.74) is 4.75.